The first-order valence-electron chi connectivity index (χ1n) is 8.82. The Balaban J connectivity index is 0.00000264. The molecule has 0 bridgehead atoms. The minimum absolute atomic E-state index is 0. The number of rotatable bonds is 5. The maximum atomic E-state index is 10.5. The molecule has 0 aromatic carbocycles. The Hall–Kier alpha value is 0.310. The minimum Gasteiger partial charge on any atom is -0.387 e. The van der Waals surface area contributed by atoms with Gasteiger partial charge in [-0.3, -0.25) is 4.99 Å². The number of thioether (sulfide) groups is 1. The number of nitrogens with one attached hydrogen (secondary N) is 1. The summed E-state index contributed by atoms with van der Waals surface area (Å²) in [7, 11) is 2.13. The van der Waals surface area contributed by atoms with Gasteiger partial charge in [0.25, 0.3) is 0 Å². The van der Waals surface area contributed by atoms with Gasteiger partial charge >= 0.3 is 0 Å². The van der Waals surface area contributed by atoms with Crippen LogP contribution in [0.25, 0.3) is 0 Å². The van der Waals surface area contributed by atoms with Crippen molar-refractivity contribution in [3.63, 3.8) is 0 Å². The van der Waals surface area contributed by atoms with E-state index in [0.717, 1.165) is 48.8 Å². The lowest BCUT2D eigenvalue weighted by atomic mass is 9.83. The average Bonchev–Trinajstić information content (AvgIpc) is 2.93. The predicted octanol–water partition coefficient (Wildman–Crippen LogP) is 3.20. The van der Waals surface area contributed by atoms with Gasteiger partial charge in [0, 0.05) is 25.9 Å². The molecule has 0 spiro atoms. The minimum atomic E-state index is -0.591. The Bertz CT molecular complexity index is 367. The molecule has 23 heavy (non-hydrogen) atoms. The van der Waals surface area contributed by atoms with E-state index in [-0.39, 0.29) is 24.0 Å². The molecule has 1 atom stereocenters. The van der Waals surface area contributed by atoms with Crippen LogP contribution < -0.4 is 5.32 Å². The molecule has 4 nitrogen and oxygen atoms in total. The van der Waals surface area contributed by atoms with E-state index in [4.69, 9.17) is 4.99 Å². The fourth-order valence-electron chi connectivity index (χ4n) is 3.40. The van der Waals surface area contributed by atoms with Crippen LogP contribution in [0.4, 0.5) is 0 Å². The molecule has 1 saturated carbocycles. The summed E-state index contributed by atoms with van der Waals surface area (Å²) >= 11 is 1.83. The average molecular weight is 455 g/mol. The molecule has 0 aromatic heterocycles. The number of hydrogen-bond acceptors (Lipinski definition) is 3. The van der Waals surface area contributed by atoms with Gasteiger partial charge in [-0.05, 0) is 43.8 Å². The highest BCUT2D eigenvalue weighted by Gasteiger charge is 2.31. The molecule has 1 aliphatic heterocycles. The fourth-order valence-corrected chi connectivity index (χ4v) is 4.68. The molecular weight excluding hydrogens is 421 g/mol. The van der Waals surface area contributed by atoms with Gasteiger partial charge in [0.15, 0.2) is 5.96 Å². The number of nitrogens with zero attached hydrogens (tertiary/aromatic N) is 2. The fraction of sp³-hybridized carbons (Fsp3) is 0.941. The zero-order chi connectivity index (χ0) is 16.0. The Morgan fingerprint density at radius 3 is 2.61 bits per heavy atom. The summed E-state index contributed by atoms with van der Waals surface area (Å²) in [6.07, 6.45) is 6.27. The van der Waals surface area contributed by atoms with E-state index in [2.05, 4.69) is 31.1 Å². The van der Waals surface area contributed by atoms with Gasteiger partial charge in [-0.1, -0.05) is 19.8 Å². The number of halogens is 1. The summed E-state index contributed by atoms with van der Waals surface area (Å²) in [5.74, 6) is 4.51. The van der Waals surface area contributed by atoms with Crippen molar-refractivity contribution in [1.82, 2.24) is 10.2 Å². The molecule has 0 radical (unpaired) electrons. The molecule has 1 heterocycles. The molecule has 1 unspecified atom stereocenters. The van der Waals surface area contributed by atoms with Gasteiger partial charge in [-0.15, -0.1) is 24.0 Å². The number of aliphatic hydroxyl groups is 1. The van der Waals surface area contributed by atoms with E-state index < -0.39 is 5.60 Å². The molecule has 1 aliphatic carbocycles. The lowest BCUT2D eigenvalue weighted by Crippen LogP contribution is -2.43. The van der Waals surface area contributed by atoms with Crippen LogP contribution in [0.1, 0.15) is 46.0 Å². The van der Waals surface area contributed by atoms with E-state index >= 15 is 0 Å². The molecule has 2 aliphatic rings. The summed E-state index contributed by atoms with van der Waals surface area (Å²) < 4.78 is 0. The summed E-state index contributed by atoms with van der Waals surface area (Å²) in [5, 5.41) is 13.8. The van der Waals surface area contributed by atoms with Crippen molar-refractivity contribution in [3.05, 3.63) is 0 Å². The van der Waals surface area contributed by atoms with E-state index in [0.29, 0.717) is 6.54 Å². The standard InChI is InChI=1S/C17H33N3OS.HI/c1-4-18-16(19-12-17(21)9-10-22-13-17)20(3)11-15-7-5-14(2)6-8-15;/h14-15,21H,4-13H2,1-3H3,(H,18,19);1H. The van der Waals surface area contributed by atoms with E-state index in [9.17, 15) is 5.11 Å². The molecular formula is C17H34IN3OS. The van der Waals surface area contributed by atoms with Crippen LogP contribution in [0.15, 0.2) is 4.99 Å². The molecule has 2 N–H and O–H groups in total. The van der Waals surface area contributed by atoms with Gasteiger partial charge in [-0.25, -0.2) is 0 Å². The van der Waals surface area contributed by atoms with Crippen molar-refractivity contribution in [2.45, 2.75) is 51.6 Å². The lowest BCUT2D eigenvalue weighted by molar-refractivity contribution is 0.0775. The summed E-state index contributed by atoms with van der Waals surface area (Å²) in [6.45, 7) is 6.94. The second kappa shape index (κ2) is 10.3. The smallest absolute Gasteiger partial charge is 0.193 e. The predicted molar refractivity (Wildman–Crippen MR) is 112 cm³/mol. The normalized spacial score (nSPS) is 31.6. The monoisotopic (exact) mass is 455 g/mol. The number of guanidine groups is 1. The Morgan fingerprint density at radius 1 is 1.35 bits per heavy atom. The highest BCUT2D eigenvalue weighted by Crippen LogP contribution is 2.29. The van der Waals surface area contributed by atoms with Crippen LogP contribution in [-0.4, -0.2) is 59.8 Å². The van der Waals surface area contributed by atoms with Crippen LogP contribution in [0.3, 0.4) is 0 Å². The SMILES string of the molecule is CCNC(=NCC1(O)CCSC1)N(C)CC1CCC(C)CC1.I. The third-order valence-electron chi connectivity index (χ3n) is 4.97. The van der Waals surface area contributed by atoms with E-state index in [1.807, 2.05) is 11.8 Å². The van der Waals surface area contributed by atoms with Gasteiger partial charge in [0.05, 0.1) is 12.1 Å². The first kappa shape index (κ1) is 21.4. The molecule has 0 aromatic rings. The van der Waals surface area contributed by atoms with Crippen molar-refractivity contribution >= 4 is 41.7 Å². The molecule has 2 fully saturated rings. The van der Waals surface area contributed by atoms with Crippen LogP contribution in [-0.2, 0) is 0 Å². The lowest BCUT2D eigenvalue weighted by Gasteiger charge is -2.31. The third kappa shape index (κ3) is 6.98. The van der Waals surface area contributed by atoms with Gasteiger partial charge in [0.2, 0.25) is 0 Å². The highest BCUT2D eigenvalue weighted by molar-refractivity contribution is 14.0. The number of aliphatic imine (C=N–C) groups is 1. The summed E-state index contributed by atoms with van der Waals surface area (Å²) in [6, 6.07) is 0. The topological polar surface area (TPSA) is 47.9 Å². The first-order valence-corrected chi connectivity index (χ1v) is 9.97. The van der Waals surface area contributed by atoms with Gasteiger partial charge in [0.1, 0.15) is 0 Å². The largest absolute Gasteiger partial charge is 0.387 e. The number of hydrogen-bond donors (Lipinski definition) is 2. The van der Waals surface area contributed by atoms with Crippen molar-refractivity contribution in [1.29, 1.82) is 0 Å². The summed E-state index contributed by atoms with van der Waals surface area (Å²) in [5.41, 5.74) is -0.591. The van der Waals surface area contributed by atoms with Crippen LogP contribution in [0, 0.1) is 11.8 Å². The molecule has 1 saturated heterocycles. The molecule has 0 amide bonds. The quantitative estimate of drug-likeness (QED) is 0.380. The summed E-state index contributed by atoms with van der Waals surface area (Å²) in [4.78, 5) is 6.98. The van der Waals surface area contributed by atoms with E-state index in [1.165, 1.54) is 25.7 Å². The maximum Gasteiger partial charge on any atom is 0.193 e. The van der Waals surface area contributed by atoms with Crippen molar-refractivity contribution in [2.24, 2.45) is 16.8 Å². The molecule has 136 valence electrons. The van der Waals surface area contributed by atoms with Crippen LogP contribution >= 0.6 is 35.7 Å². The Kier molecular flexibility index (Phi) is 9.59. The van der Waals surface area contributed by atoms with Gasteiger partial charge < -0.3 is 15.3 Å². The molecule has 6 heteroatoms. The van der Waals surface area contributed by atoms with E-state index in [1.54, 1.807) is 0 Å². The Morgan fingerprint density at radius 2 is 2.04 bits per heavy atom. The van der Waals surface area contributed by atoms with Crippen molar-refractivity contribution in [3.8, 4) is 0 Å². The second-order valence-electron chi connectivity index (χ2n) is 7.20. The Labute approximate surface area is 163 Å². The van der Waals surface area contributed by atoms with Crippen molar-refractivity contribution in [2.75, 3.05) is 38.2 Å². The zero-order valence-electron chi connectivity index (χ0n) is 14.9. The highest BCUT2D eigenvalue weighted by atomic mass is 127. The van der Waals surface area contributed by atoms with Crippen LogP contribution in [0.2, 0.25) is 0 Å². The van der Waals surface area contributed by atoms with Crippen LogP contribution in [0.5, 0.6) is 0 Å². The maximum absolute atomic E-state index is 10.5. The van der Waals surface area contributed by atoms with Crippen molar-refractivity contribution < 1.29 is 5.11 Å². The first-order chi connectivity index (χ1) is 10.5. The zero-order valence-corrected chi connectivity index (χ0v) is 18.0. The second-order valence-corrected chi connectivity index (χ2v) is 8.31. The van der Waals surface area contributed by atoms with Gasteiger partial charge in [-0.2, -0.15) is 11.8 Å². The molecule has 2 rings (SSSR count). The third-order valence-corrected chi connectivity index (χ3v) is 6.20.